The summed E-state index contributed by atoms with van der Waals surface area (Å²) in [5.41, 5.74) is 1.89. The molecule has 9 nitrogen and oxygen atoms in total. The number of hydrogen-bond donors (Lipinski definition) is 3. The molecule has 3 N–H and O–H groups in total. The number of rotatable bonds is 6. The van der Waals surface area contributed by atoms with E-state index in [1.54, 1.807) is 18.2 Å². The molecule has 0 aromatic heterocycles. The zero-order chi connectivity index (χ0) is 18.9. The minimum Gasteiger partial charge on any atom is -0.385 e. The number of anilines is 1. The molecule has 2 aliphatic rings. The van der Waals surface area contributed by atoms with Crippen LogP contribution in [0.25, 0.3) is 0 Å². The van der Waals surface area contributed by atoms with Gasteiger partial charge in [-0.25, -0.2) is 0 Å². The number of imide groups is 1. The molecule has 2 aliphatic heterocycles. The molecule has 1 aromatic rings. The van der Waals surface area contributed by atoms with Crippen LogP contribution >= 0.6 is 0 Å². The van der Waals surface area contributed by atoms with Gasteiger partial charge >= 0.3 is 0 Å². The summed E-state index contributed by atoms with van der Waals surface area (Å²) < 4.78 is 30.3. The second kappa shape index (κ2) is 7.04. The van der Waals surface area contributed by atoms with Crippen molar-refractivity contribution in [1.82, 2.24) is 10.2 Å². The van der Waals surface area contributed by atoms with Gasteiger partial charge in [-0.05, 0) is 25.0 Å². The van der Waals surface area contributed by atoms with Crippen LogP contribution in [0.5, 0.6) is 0 Å². The first-order valence-electron chi connectivity index (χ1n) is 8.22. The Morgan fingerprint density at radius 3 is 2.73 bits per heavy atom. The van der Waals surface area contributed by atoms with E-state index in [1.165, 1.54) is 4.90 Å². The molecule has 0 bridgehead atoms. The summed E-state index contributed by atoms with van der Waals surface area (Å²) in [6, 6.07) is 4.47. The van der Waals surface area contributed by atoms with Gasteiger partial charge in [0, 0.05) is 36.3 Å². The second-order valence-corrected chi connectivity index (χ2v) is 7.87. The first-order chi connectivity index (χ1) is 12.3. The van der Waals surface area contributed by atoms with Crippen molar-refractivity contribution in [3.05, 3.63) is 29.3 Å². The Labute approximate surface area is 150 Å². The minimum absolute atomic E-state index is 0.192. The maximum absolute atomic E-state index is 12.7. The van der Waals surface area contributed by atoms with Gasteiger partial charge in [0.2, 0.25) is 11.8 Å². The lowest BCUT2D eigenvalue weighted by Crippen LogP contribution is -2.52. The van der Waals surface area contributed by atoms with Gasteiger partial charge in [0.15, 0.2) is 0 Å². The fourth-order valence-electron chi connectivity index (χ4n) is 3.23. The largest absolute Gasteiger partial charge is 0.385 e. The van der Waals surface area contributed by atoms with Crippen LogP contribution < -0.4 is 10.6 Å². The number of benzene rings is 1. The molecule has 1 aromatic carbocycles. The highest BCUT2D eigenvalue weighted by molar-refractivity contribution is 7.85. The Morgan fingerprint density at radius 2 is 2.04 bits per heavy atom. The van der Waals surface area contributed by atoms with E-state index < -0.39 is 22.1 Å². The highest BCUT2D eigenvalue weighted by Crippen LogP contribution is 2.32. The molecule has 140 valence electrons. The topological polar surface area (TPSA) is 133 Å². The highest BCUT2D eigenvalue weighted by Gasteiger charge is 2.39. The van der Waals surface area contributed by atoms with Gasteiger partial charge < -0.3 is 10.2 Å². The molecule has 3 rings (SSSR count). The number of carbonyl (C=O) groups is 3. The Morgan fingerprint density at radius 1 is 1.27 bits per heavy atom. The van der Waals surface area contributed by atoms with Crippen LogP contribution in [0, 0.1) is 0 Å². The number of nitrogens with one attached hydrogen (secondary N) is 2. The van der Waals surface area contributed by atoms with E-state index in [4.69, 9.17) is 4.55 Å². The Balaban J connectivity index is 1.71. The maximum Gasteiger partial charge on any atom is 0.264 e. The van der Waals surface area contributed by atoms with E-state index in [0.717, 1.165) is 5.56 Å². The summed E-state index contributed by atoms with van der Waals surface area (Å²) in [6.07, 6.45) is 0.700. The predicted octanol–water partition coefficient (Wildman–Crippen LogP) is 0.137. The van der Waals surface area contributed by atoms with Gasteiger partial charge in [-0.15, -0.1) is 0 Å². The number of fused-ring (bicyclic) bond motifs is 1. The van der Waals surface area contributed by atoms with Crippen molar-refractivity contribution in [2.24, 2.45) is 0 Å². The maximum atomic E-state index is 12.7. The zero-order valence-corrected chi connectivity index (χ0v) is 14.7. The first kappa shape index (κ1) is 18.3. The standard InChI is InChI=1S/C16H19N3O6S/c20-14-6-5-13(15(21)18-14)19-9-11-10(16(19)22)3-1-4-12(11)17-7-2-8-26(23,24)25/h1,3-4,13,17H,2,5-9H2,(H,18,20,21)(H,23,24,25). The first-order valence-corrected chi connectivity index (χ1v) is 9.83. The van der Waals surface area contributed by atoms with Gasteiger partial charge in [-0.3, -0.25) is 24.3 Å². The summed E-state index contributed by atoms with van der Waals surface area (Å²) in [5.74, 6) is -1.42. The van der Waals surface area contributed by atoms with Gasteiger partial charge in [0.25, 0.3) is 16.0 Å². The van der Waals surface area contributed by atoms with Crippen molar-refractivity contribution in [2.45, 2.75) is 31.8 Å². The summed E-state index contributed by atoms with van der Waals surface area (Å²) in [4.78, 5) is 37.5. The number of amides is 3. The molecule has 26 heavy (non-hydrogen) atoms. The third-order valence-electron chi connectivity index (χ3n) is 4.48. The van der Waals surface area contributed by atoms with E-state index in [9.17, 15) is 22.8 Å². The number of nitrogens with zero attached hydrogens (tertiary/aromatic N) is 1. The van der Waals surface area contributed by atoms with Gasteiger partial charge in [0.05, 0.1) is 5.75 Å². The highest BCUT2D eigenvalue weighted by atomic mass is 32.2. The fourth-order valence-corrected chi connectivity index (χ4v) is 3.74. The normalized spacial score (nSPS) is 20.1. The zero-order valence-electron chi connectivity index (χ0n) is 13.9. The SMILES string of the molecule is O=C1CCC(N2Cc3c(NCCCS(=O)(=O)O)cccc3C2=O)C(=O)N1. The Bertz CT molecular complexity index is 867. The third kappa shape index (κ3) is 3.86. The number of hydrogen-bond acceptors (Lipinski definition) is 6. The Hall–Kier alpha value is -2.46. The second-order valence-electron chi connectivity index (χ2n) is 6.30. The molecular formula is C16H19N3O6S. The van der Waals surface area contributed by atoms with Crippen LogP contribution in [-0.2, 0) is 26.3 Å². The van der Waals surface area contributed by atoms with Gasteiger partial charge in [0.1, 0.15) is 6.04 Å². The Kier molecular flexibility index (Phi) is 4.97. The van der Waals surface area contributed by atoms with Crippen LogP contribution in [0.3, 0.4) is 0 Å². The monoisotopic (exact) mass is 381 g/mol. The van der Waals surface area contributed by atoms with E-state index in [0.29, 0.717) is 24.2 Å². The molecular weight excluding hydrogens is 362 g/mol. The molecule has 0 spiro atoms. The lowest BCUT2D eigenvalue weighted by molar-refractivity contribution is -0.136. The third-order valence-corrected chi connectivity index (χ3v) is 5.28. The van der Waals surface area contributed by atoms with Crippen molar-refractivity contribution < 1.29 is 27.4 Å². The quantitative estimate of drug-likeness (QED) is 0.362. The van der Waals surface area contributed by atoms with E-state index in [1.807, 2.05) is 0 Å². The molecule has 1 unspecified atom stereocenters. The van der Waals surface area contributed by atoms with Crippen molar-refractivity contribution in [1.29, 1.82) is 0 Å². The molecule has 1 atom stereocenters. The van der Waals surface area contributed by atoms with Crippen molar-refractivity contribution in [2.75, 3.05) is 17.6 Å². The molecule has 10 heteroatoms. The summed E-state index contributed by atoms with van der Waals surface area (Å²) in [5, 5.41) is 5.33. The lowest BCUT2D eigenvalue weighted by Gasteiger charge is -2.29. The molecule has 3 amide bonds. The van der Waals surface area contributed by atoms with Crippen molar-refractivity contribution >= 4 is 33.5 Å². The molecule has 0 radical (unpaired) electrons. The molecule has 1 fully saturated rings. The van der Waals surface area contributed by atoms with Gasteiger partial charge in [-0.2, -0.15) is 8.42 Å². The van der Waals surface area contributed by atoms with Crippen LogP contribution in [0.2, 0.25) is 0 Å². The average molecular weight is 381 g/mol. The van der Waals surface area contributed by atoms with E-state index in [2.05, 4.69) is 10.6 Å². The summed E-state index contributed by atoms with van der Waals surface area (Å²) in [7, 11) is -4.01. The summed E-state index contributed by atoms with van der Waals surface area (Å²) >= 11 is 0. The van der Waals surface area contributed by atoms with Crippen molar-refractivity contribution in [3.8, 4) is 0 Å². The van der Waals surface area contributed by atoms with Crippen LogP contribution in [0.15, 0.2) is 18.2 Å². The number of piperidine rings is 1. The van der Waals surface area contributed by atoms with Crippen LogP contribution in [-0.4, -0.2) is 53.9 Å². The van der Waals surface area contributed by atoms with Crippen LogP contribution in [0.4, 0.5) is 5.69 Å². The molecule has 0 aliphatic carbocycles. The van der Waals surface area contributed by atoms with E-state index >= 15 is 0 Å². The minimum atomic E-state index is -4.01. The predicted molar refractivity (Wildman–Crippen MR) is 92.0 cm³/mol. The van der Waals surface area contributed by atoms with Gasteiger partial charge in [-0.1, -0.05) is 6.07 Å². The van der Waals surface area contributed by atoms with Crippen LogP contribution in [0.1, 0.15) is 35.2 Å². The lowest BCUT2D eigenvalue weighted by atomic mass is 10.0. The summed E-state index contributed by atoms with van der Waals surface area (Å²) in [6.45, 7) is 0.546. The molecule has 2 heterocycles. The fraction of sp³-hybridized carbons (Fsp3) is 0.438. The number of carbonyl (C=O) groups excluding carboxylic acids is 3. The molecule has 0 saturated carbocycles. The van der Waals surface area contributed by atoms with E-state index in [-0.39, 0.29) is 37.0 Å². The van der Waals surface area contributed by atoms with Crippen molar-refractivity contribution in [3.63, 3.8) is 0 Å². The molecule has 1 saturated heterocycles. The average Bonchev–Trinajstić information content (AvgIpc) is 2.89. The smallest absolute Gasteiger partial charge is 0.264 e.